The zero-order valence-electron chi connectivity index (χ0n) is 20.5. The maximum Gasteiger partial charge on any atom is 0.336 e. The molecule has 0 aromatic heterocycles. The summed E-state index contributed by atoms with van der Waals surface area (Å²) in [5.41, 5.74) is 4.06. The number of ketones is 1. The molecule has 1 N–H and O–H groups in total. The van der Waals surface area contributed by atoms with E-state index in [-0.39, 0.29) is 24.8 Å². The second-order valence-corrected chi connectivity index (χ2v) is 9.57. The maximum atomic E-state index is 13.5. The monoisotopic (exact) mass is 499 g/mol. The van der Waals surface area contributed by atoms with Gasteiger partial charge in [0.25, 0.3) is 5.91 Å². The van der Waals surface area contributed by atoms with E-state index in [0.29, 0.717) is 10.7 Å². The Hall–Kier alpha value is -3.36. The van der Waals surface area contributed by atoms with Crippen molar-refractivity contribution in [1.82, 2.24) is 9.80 Å². The number of imide groups is 1. The summed E-state index contributed by atoms with van der Waals surface area (Å²) >= 11 is 6.25. The quantitative estimate of drug-likeness (QED) is 0.219. The average molecular weight is 500 g/mol. The summed E-state index contributed by atoms with van der Waals surface area (Å²) in [6, 6.07) is 13.8. The number of ether oxygens (including phenoxy) is 1. The van der Waals surface area contributed by atoms with Gasteiger partial charge in [0.1, 0.15) is 0 Å². The van der Waals surface area contributed by atoms with Crippen LogP contribution in [0.4, 0.5) is 10.5 Å². The van der Waals surface area contributed by atoms with E-state index >= 15 is 0 Å². The van der Waals surface area contributed by atoms with E-state index in [0.717, 1.165) is 22.1 Å². The number of amides is 3. The summed E-state index contributed by atoms with van der Waals surface area (Å²) in [7, 11) is 0. The van der Waals surface area contributed by atoms with Crippen molar-refractivity contribution in [2.24, 2.45) is 5.41 Å². The molecule has 0 spiro atoms. The number of nitrogens with zero attached hydrogens (tertiary/aromatic N) is 2. The van der Waals surface area contributed by atoms with E-state index in [4.69, 9.17) is 21.2 Å². The molecule has 1 saturated heterocycles. The molecule has 1 fully saturated rings. The summed E-state index contributed by atoms with van der Waals surface area (Å²) in [5, 5.41) is 0.370. The van der Waals surface area contributed by atoms with Crippen molar-refractivity contribution in [3.63, 3.8) is 0 Å². The highest BCUT2D eigenvalue weighted by Gasteiger charge is 2.49. The number of nitrogens with one attached hydrogen (secondary N) is 1. The first kappa shape index (κ1) is 26.2. The summed E-state index contributed by atoms with van der Waals surface area (Å²) < 4.78 is 5.63. The first-order valence-electron chi connectivity index (χ1n) is 11.3. The molecule has 186 valence electrons. The van der Waals surface area contributed by atoms with Crippen LogP contribution in [0.25, 0.3) is 0 Å². The van der Waals surface area contributed by atoms with Gasteiger partial charge in [0.2, 0.25) is 12.1 Å². The lowest BCUT2D eigenvalue weighted by Crippen LogP contribution is -2.36. The lowest BCUT2D eigenvalue weighted by molar-refractivity contribution is -0.141. The molecule has 1 heterocycles. The fourth-order valence-corrected chi connectivity index (χ4v) is 3.47. The van der Waals surface area contributed by atoms with Crippen molar-refractivity contribution in [3.8, 4) is 0 Å². The number of rotatable bonds is 9. The minimum absolute atomic E-state index is 0.143. The molecule has 3 amide bonds. The van der Waals surface area contributed by atoms with Gasteiger partial charge < -0.3 is 9.57 Å². The predicted octanol–water partition coefficient (Wildman–Crippen LogP) is 5.28. The van der Waals surface area contributed by atoms with E-state index in [1.165, 1.54) is 4.90 Å². The number of anilines is 1. The number of carbonyl (C=O) groups excluding carboxylic acids is 3. The molecular formula is C26H30ClN3O5. The van der Waals surface area contributed by atoms with Crippen LogP contribution in [-0.2, 0) is 25.7 Å². The Kier molecular flexibility index (Phi) is 8.19. The standard InChI is InChI=1S/C26H30ClN3O5/c1-6-34-24-23(32)30(25(33)29(24)16-18-10-8-7-9-11-18)22(15-21(31)26(3,4)5)35-28-20-14-17(2)12-13-19(20)27/h7-15,24,28H,6,16H2,1-5H3/b22-15+. The van der Waals surface area contributed by atoms with Crippen LogP contribution >= 0.6 is 11.6 Å². The molecule has 3 rings (SSSR count). The molecule has 1 aliphatic heterocycles. The molecule has 1 atom stereocenters. The molecule has 1 aliphatic rings. The topological polar surface area (TPSA) is 88.2 Å². The van der Waals surface area contributed by atoms with Crippen LogP contribution in [0.1, 0.15) is 38.8 Å². The number of aryl methyl sites for hydroxylation is 1. The van der Waals surface area contributed by atoms with Crippen LogP contribution in [0.15, 0.2) is 60.5 Å². The van der Waals surface area contributed by atoms with Gasteiger partial charge in [-0.05, 0) is 37.1 Å². The van der Waals surface area contributed by atoms with Crippen LogP contribution in [0.3, 0.4) is 0 Å². The van der Waals surface area contributed by atoms with Crippen LogP contribution in [0.2, 0.25) is 5.02 Å². The molecule has 0 bridgehead atoms. The molecular weight excluding hydrogens is 470 g/mol. The lowest BCUT2D eigenvalue weighted by Gasteiger charge is -2.22. The van der Waals surface area contributed by atoms with Crippen LogP contribution in [0.5, 0.6) is 0 Å². The molecule has 0 aliphatic carbocycles. The highest BCUT2D eigenvalue weighted by Crippen LogP contribution is 2.29. The number of hydrogen-bond donors (Lipinski definition) is 1. The van der Waals surface area contributed by atoms with Gasteiger partial charge in [0, 0.05) is 18.1 Å². The Morgan fingerprint density at radius 1 is 1.14 bits per heavy atom. The molecule has 9 heteroatoms. The van der Waals surface area contributed by atoms with Crippen LogP contribution < -0.4 is 5.48 Å². The van der Waals surface area contributed by atoms with Crippen molar-refractivity contribution in [1.29, 1.82) is 0 Å². The fourth-order valence-electron chi connectivity index (χ4n) is 3.31. The second-order valence-electron chi connectivity index (χ2n) is 9.16. The van der Waals surface area contributed by atoms with E-state index in [9.17, 15) is 14.4 Å². The minimum Gasteiger partial charge on any atom is -0.363 e. The first-order chi connectivity index (χ1) is 16.5. The number of benzene rings is 2. The third-order valence-electron chi connectivity index (χ3n) is 5.27. The van der Waals surface area contributed by atoms with Crippen LogP contribution in [0, 0.1) is 12.3 Å². The first-order valence-corrected chi connectivity index (χ1v) is 11.7. The normalized spacial score (nSPS) is 16.6. The van der Waals surface area contributed by atoms with Gasteiger partial charge in [-0.25, -0.2) is 10.3 Å². The Labute approximate surface area is 210 Å². The zero-order chi connectivity index (χ0) is 25.8. The van der Waals surface area contributed by atoms with Gasteiger partial charge in [-0.15, -0.1) is 0 Å². The van der Waals surface area contributed by atoms with Crippen LogP contribution in [-0.4, -0.2) is 40.4 Å². The number of allylic oxidation sites excluding steroid dienone is 1. The average Bonchev–Trinajstić information content (AvgIpc) is 3.03. The van der Waals surface area contributed by atoms with Gasteiger partial charge in [0.15, 0.2) is 5.78 Å². The molecule has 1 unspecified atom stereocenters. The molecule has 2 aromatic rings. The van der Waals surface area contributed by atoms with Gasteiger partial charge in [-0.3, -0.25) is 14.5 Å². The van der Waals surface area contributed by atoms with Gasteiger partial charge in [0.05, 0.1) is 17.3 Å². The van der Waals surface area contributed by atoms with Crippen molar-refractivity contribution in [3.05, 3.63) is 76.6 Å². The maximum absolute atomic E-state index is 13.5. The smallest absolute Gasteiger partial charge is 0.336 e. The van der Waals surface area contributed by atoms with E-state index < -0.39 is 23.6 Å². The SMILES string of the molecule is CCOC1C(=O)N(/C(=C\C(=O)C(C)(C)C)ONc2cc(C)ccc2Cl)C(=O)N1Cc1ccccc1. The van der Waals surface area contributed by atoms with Gasteiger partial charge >= 0.3 is 6.03 Å². The summed E-state index contributed by atoms with van der Waals surface area (Å²) in [4.78, 5) is 47.5. The van der Waals surface area contributed by atoms with Crippen molar-refractivity contribution < 1.29 is 24.0 Å². The molecule has 2 aromatic carbocycles. The summed E-state index contributed by atoms with van der Waals surface area (Å²) in [5.74, 6) is -1.25. The highest BCUT2D eigenvalue weighted by molar-refractivity contribution is 6.33. The summed E-state index contributed by atoms with van der Waals surface area (Å²) in [6.07, 6.45) is -0.0198. The predicted molar refractivity (Wildman–Crippen MR) is 133 cm³/mol. The van der Waals surface area contributed by atoms with Crippen molar-refractivity contribution >= 4 is 35.0 Å². The Morgan fingerprint density at radius 2 is 1.83 bits per heavy atom. The zero-order valence-corrected chi connectivity index (χ0v) is 21.3. The Balaban J connectivity index is 1.97. The number of halogens is 1. The van der Waals surface area contributed by atoms with Gasteiger partial charge in [-0.1, -0.05) is 68.8 Å². The number of urea groups is 1. The molecule has 0 saturated carbocycles. The Morgan fingerprint density at radius 3 is 2.46 bits per heavy atom. The van der Waals surface area contributed by atoms with Crippen molar-refractivity contribution in [2.45, 2.75) is 47.4 Å². The highest BCUT2D eigenvalue weighted by atomic mass is 35.5. The minimum atomic E-state index is -1.16. The van der Waals surface area contributed by atoms with Gasteiger partial charge in [-0.2, -0.15) is 4.90 Å². The molecule has 35 heavy (non-hydrogen) atoms. The third-order valence-corrected chi connectivity index (χ3v) is 5.60. The van der Waals surface area contributed by atoms with Crippen molar-refractivity contribution in [2.75, 3.05) is 12.1 Å². The fraction of sp³-hybridized carbons (Fsp3) is 0.346. The molecule has 0 radical (unpaired) electrons. The third kappa shape index (κ3) is 6.21. The van der Waals surface area contributed by atoms with E-state index in [1.54, 1.807) is 39.8 Å². The Bertz CT molecular complexity index is 1130. The van der Waals surface area contributed by atoms with E-state index in [1.807, 2.05) is 43.3 Å². The summed E-state index contributed by atoms with van der Waals surface area (Å²) in [6.45, 7) is 9.15. The number of hydrogen-bond acceptors (Lipinski definition) is 6. The van der Waals surface area contributed by atoms with E-state index in [2.05, 4.69) is 5.48 Å². The lowest BCUT2D eigenvalue weighted by atomic mass is 9.91. The molecule has 8 nitrogen and oxygen atoms in total. The second kappa shape index (κ2) is 10.9. The number of carbonyl (C=O) groups is 3. The largest absolute Gasteiger partial charge is 0.363 e.